The van der Waals surface area contributed by atoms with E-state index in [4.69, 9.17) is 5.14 Å². The van der Waals surface area contributed by atoms with Crippen molar-refractivity contribution in [1.82, 2.24) is 9.88 Å². The van der Waals surface area contributed by atoms with Crippen molar-refractivity contribution in [2.75, 3.05) is 6.54 Å². The minimum absolute atomic E-state index is 0.0549. The summed E-state index contributed by atoms with van der Waals surface area (Å²) in [5.74, 6) is -0.00352. The molecule has 34 heavy (non-hydrogen) atoms. The Kier molecular flexibility index (Phi) is 7.86. The Balaban J connectivity index is 1.65. The fourth-order valence-corrected chi connectivity index (χ4v) is 4.31. The summed E-state index contributed by atoms with van der Waals surface area (Å²) in [6, 6.07) is 13.9. The first kappa shape index (κ1) is 25.5. The molecule has 0 saturated carbocycles. The maximum absolute atomic E-state index is 13.1. The standard InChI is InChI=1S/C24H27F2N3O4S/c1-15-14-22(17(3)29(15)19-6-8-20(9-7-19)33-24(25)26)23(30)16(2)28-13-12-18-4-10-21(11-5-18)34(27,31)32/h4-11,14,16,24,28H,12-13H2,1-3H3,(H2,27,31,32). The van der Waals surface area contributed by atoms with Gasteiger partial charge in [0.2, 0.25) is 10.0 Å². The second-order valence-corrected chi connectivity index (χ2v) is 9.53. The fraction of sp³-hybridized carbons (Fsp3) is 0.292. The smallest absolute Gasteiger partial charge is 0.387 e. The summed E-state index contributed by atoms with van der Waals surface area (Å²) >= 11 is 0. The van der Waals surface area contributed by atoms with Gasteiger partial charge in [-0.3, -0.25) is 4.79 Å². The average Bonchev–Trinajstić information content (AvgIpc) is 3.07. The summed E-state index contributed by atoms with van der Waals surface area (Å²) in [6.45, 7) is 3.13. The number of alkyl halides is 2. The second kappa shape index (κ2) is 10.5. The van der Waals surface area contributed by atoms with Crippen LogP contribution in [0.3, 0.4) is 0 Å². The van der Waals surface area contributed by atoms with E-state index in [1.165, 1.54) is 24.3 Å². The summed E-state index contributed by atoms with van der Waals surface area (Å²) in [6.07, 6.45) is 0.606. The first-order valence-electron chi connectivity index (χ1n) is 10.6. The Morgan fingerprint density at radius 1 is 1.09 bits per heavy atom. The van der Waals surface area contributed by atoms with Crippen LogP contribution in [0.5, 0.6) is 5.75 Å². The van der Waals surface area contributed by atoms with Gasteiger partial charge in [0.15, 0.2) is 5.78 Å². The van der Waals surface area contributed by atoms with E-state index in [-0.39, 0.29) is 16.4 Å². The van der Waals surface area contributed by atoms with Gasteiger partial charge in [-0.2, -0.15) is 8.78 Å². The molecule has 1 aromatic heterocycles. The van der Waals surface area contributed by atoms with Crippen LogP contribution in [0.4, 0.5) is 8.78 Å². The molecule has 0 spiro atoms. The predicted octanol–water partition coefficient (Wildman–Crippen LogP) is 3.75. The molecule has 0 bridgehead atoms. The van der Waals surface area contributed by atoms with Crippen molar-refractivity contribution in [1.29, 1.82) is 0 Å². The number of nitrogens with one attached hydrogen (secondary N) is 1. The second-order valence-electron chi connectivity index (χ2n) is 7.97. The first-order chi connectivity index (χ1) is 16.0. The van der Waals surface area contributed by atoms with Gasteiger partial charge in [-0.15, -0.1) is 0 Å². The number of primary sulfonamides is 1. The predicted molar refractivity (Wildman–Crippen MR) is 125 cm³/mol. The summed E-state index contributed by atoms with van der Waals surface area (Å²) in [7, 11) is -3.73. The van der Waals surface area contributed by atoms with Gasteiger partial charge < -0.3 is 14.6 Å². The summed E-state index contributed by atoms with van der Waals surface area (Å²) < 4.78 is 53.7. The van der Waals surface area contributed by atoms with E-state index < -0.39 is 22.7 Å². The number of hydrogen-bond donors (Lipinski definition) is 2. The first-order valence-corrected chi connectivity index (χ1v) is 12.2. The quantitative estimate of drug-likeness (QED) is 0.421. The lowest BCUT2D eigenvalue weighted by atomic mass is 10.1. The number of carbonyl (C=O) groups excluding carboxylic acids is 1. The molecule has 0 saturated heterocycles. The molecule has 3 rings (SSSR count). The molecule has 0 amide bonds. The molecule has 0 radical (unpaired) electrons. The van der Waals surface area contributed by atoms with Crippen LogP contribution < -0.4 is 15.2 Å². The maximum Gasteiger partial charge on any atom is 0.387 e. The number of sulfonamides is 1. The van der Waals surface area contributed by atoms with E-state index in [2.05, 4.69) is 10.1 Å². The number of benzene rings is 2. The SMILES string of the molecule is Cc1cc(C(=O)C(C)NCCc2ccc(S(N)(=O)=O)cc2)c(C)n1-c1ccc(OC(F)F)cc1. The van der Waals surface area contributed by atoms with E-state index in [9.17, 15) is 22.0 Å². The minimum Gasteiger partial charge on any atom is -0.435 e. The van der Waals surface area contributed by atoms with Gasteiger partial charge in [-0.25, -0.2) is 13.6 Å². The number of ketones is 1. The molecule has 3 N–H and O–H groups in total. The van der Waals surface area contributed by atoms with Gasteiger partial charge in [-0.1, -0.05) is 12.1 Å². The Morgan fingerprint density at radius 3 is 2.26 bits per heavy atom. The van der Waals surface area contributed by atoms with Crippen LogP contribution in [0.15, 0.2) is 59.5 Å². The van der Waals surface area contributed by atoms with Crippen LogP contribution >= 0.6 is 0 Å². The van der Waals surface area contributed by atoms with Crippen LogP contribution in [0.25, 0.3) is 5.69 Å². The van der Waals surface area contributed by atoms with Gasteiger partial charge in [0, 0.05) is 22.6 Å². The Bertz CT molecular complexity index is 1250. The molecular weight excluding hydrogens is 464 g/mol. The highest BCUT2D eigenvalue weighted by Gasteiger charge is 2.21. The minimum atomic E-state index is -3.73. The van der Waals surface area contributed by atoms with Crippen LogP contribution in [0.1, 0.15) is 34.2 Å². The number of rotatable bonds is 10. The third-order valence-electron chi connectivity index (χ3n) is 5.53. The van der Waals surface area contributed by atoms with E-state index in [0.29, 0.717) is 18.5 Å². The van der Waals surface area contributed by atoms with Gasteiger partial charge in [0.25, 0.3) is 0 Å². The molecular formula is C24H27F2N3O4S. The van der Waals surface area contributed by atoms with E-state index in [1.54, 1.807) is 31.2 Å². The highest BCUT2D eigenvalue weighted by atomic mass is 32.2. The van der Waals surface area contributed by atoms with Crippen LogP contribution in [-0.4, -0.2) is 38.0 Å². The normalized spacial score (nSPS) is 12.7. The topological polar surface area (TPSA) is 103 Å². The molecule has 0 aliphatic carbocycles. The monoisotopic (exact) mass is 491 g/mol. The van der Waals surface area contributed by atoms with Crippen molar-refractivity contribution < 1.29 is 26.7 Å². The van der Waals surface area contributed by atoms with Gasteiger partial charge in [0.05, 0.1) is 10.9 Å². The number of nitrogens with zero attached hydrogens (tertiary/aromatic N) is 1. The lowest BCUT2D eigenvalue weighted by Crippen LogP contribution is -2.35. The molecule has 1 atom stereocenters. The molecule has 0 aliphatic rings. The molecule has 0 fully saturated rings. The number of carbonyl (C=O) groups is 1. The maximum atomic E-state index is 13.1. The number of aromatic nitrogens is 1. The zero-order valence-electron chi connectivity index (χ0n) is 19.1. The number of halogens is 2. The van der Waals surface area contributed by atoms with E-state index in [1.807, 2.05) is 24.5 Å². The summed E-state index contributed by atoms with van der Waals surface area (Å²) in [5.41, 5.74) is 3.81. The van der Waals surface area contributed by atoms with Crippen molar-refractivity contribution in [2.45, 2.75) is 44.7 Å². The highest BCUT2D eigenvalue weighted by molar-refractivity contribution is 7.89. The molecule has 182 valence electrons. The van der Waals surface area contributed by atoms with Crippen molar-refractivity contribution in [2.24, 2.45) is 5.14 Å². The van der Waals surface area contributed by atoms with Crippen LogP contribution in [0.2, 0.25) is 0 Å². The number of Topliss-reactive ketones (excluding diaryl/α,β-unsaturated/α-hetero) is 1. The van der Waals surface area contributed by atoms with Crippen LogP contribution in [-0.2, 0) is 16.4 Å². The highest BCUT2D eigenvalue weighted by Crippen LogP contribution is 2.24. The Labute approximate surface area is 197 Å². The lowest BCUT2D eigenvalue weighted by molar-refractivity contribution is -0.0498. The number of ether oxygens (including phenoxy) is 1. The lowest BCUT2D eigenvalue weighted by Gasteiger charge is -2.14. The number of aryl methyl sites for hydroxylation is 1. The Morgan fingerprint density at radius 2 is 1.71 bits per heavy atom. The third-order valence-corrected chi connectivity index (χ3v) is 6.46. The molecule has 3 aromatic rings. The largest absolute Gasteiger partial charge is 0.435 e. The molecule has 1 heterocycles. The molecule has 0 aliphatic heterocycles. The zero-order chi connectivity index (χ0) is 25.0. The molecule has 10 heteroatoms. The van der Waals surface area contributed by atoms with Crippen molar-refractivity contribution in [3.8, 4) is 11.4 Å². The molecule has 1 unspecified atom stereocenters. The molecule has 7 nitrogen and oxygen atoms in total. The van der Waals surface area contributed by atoms with Crippen molar-refractivity contribution in [3.05, 3.63) is 77.1 Å². The van der Waals surface area contributed by atoms with Crippen molar-refractivity contribution in [3.63, 3.8) is 0 Å². The third kappa shape index (κ3) is 6.07. The van der Waals surface area contributed by atoms with Crippen LogP contribution in [0, 0.1) is 13.8 Å². The zero-order valence-corrected chi connectivity index (χ0v) is 19.9. The average molecular weight is 492 g/mol. The van der Waals surface area contributed by atoms with Gasteiger partial charge >= 0.3 is 6.61 Å². The molecule has 2 aromatic carbocycles. The van der Waals surface area contributed by atoms with Gasteiger partial charge in [-0.05, 0) is 81.8 Å². The fourth-order valence-electron chi connectivity index (χ4n) is 3.79. The number of nitrogens with two attached hydrogens (primary N) is 1. The summed E-state index contributed by atoms with van der Waals surface area (Å²) in [5, 5.41) is 8.31. The summed E-state index contributed by atoms with van der Waals surface area (Å²) in [4.78, 5) is 13.1. The van der Waals surface area contributed by atoms with Gasteiger partial charge in [0.1, 0.15) is 5.75 Å². The van der Waals surface area contributed by atoms with E-state index in [0.717, 1.165) is 22.6 Å². The number of hydrogen-bond acceptors (Lipinski definition) is 5. The van der Waals surface area contributed by atoms with E-state index >= 15 is 0 Å². The Hall–Kier alpha value is -3.08. The van der Waals surface area contributed by atoms with Crippen molar-refractivity contribution >= 4 is 15.8 Å².